The van der Waals surface area contributed by atoms with Crippen molar-refractivity contribution in [2.45, 2.75) is 77.9 Å². The molecular weight excluding hydrogens is 256 g/mol. The molecule has 1 rings (SSSR count). The van der Waals surface area contributed by atoms with Gasteiger partial charge in [0.2, 0.25) is 11.8 Å². The molecule has 0 aromatic carbocycles. The topological polar surface area (TPSA) is 67.4 Å². The van der Waals surface area contributed by atoms with E-state index in [4.69, 9.17) is 4.84 Å². The second-order valence-electron chi connectivity index (χ2n) is 5.88. The van der Waals surface area contributed by atoms with Crippen LogP contribution in [0, 0.1) is 5.92 Å². The molecule has 0 radical (unpaired) electrons. The summed E-state index contributed by atoms with van der Waals surface area (Å²) >= 11 is 0. The highest BCUT2D eigenvalue weighted by Gasteiger charge is 2.19. The van der Waals surface area contributed by atoms with Gasteiger partial charge in [-0.15, -0.1) is 0 Å². The smallest absolute Gasteiger partial charge is 0.246 e. The Bertz CT molecular complexity index is 312. The summed E-state index contributed by atoms with van der Waals surface area (Å²) in [5.41, 5.74) is 2.42. The minimum Gasteiger partial charge on any atom is -0.353 e. The summed E-state index contributed by atoms with van der Waals surface area (Å²) in [5.74, 6) is -0.262. The van der Waals surface area contributed by atoms with Gasteiger partial charge < -0.3 is 5.32 Å². The van der Waals surface area contributed by atoms with Crippen LogP contribution in [0.4, 0.5) is 0 Å². The Morgan fingerprint density at radius 1 is 1.20 bits per heavy atom. The zero-order valence-corrected chi connectivity index (χ0v) is 12.9. The molecule has 116 valence electrons. The molecule has 0 aromatic rings. The second kappa shape index (κ2) is 8.95. The molecule has 0 aliphatic heterocycles. The number of hydrogen-bond donors (Lipinski definition) is 2. The van der Waals surface area contributed by atoms with Crippen molar-refractivity contribution in [3.8, 4) is 0 Å². The van der Waals surface area contributed by atoms with Gasteiger partial charge in [-0.25, -0.2) is 5.48 Å². The predicted octanol–water partition coefficient (Wildman–Crippen LogP) is 2.31. The summed E-state index contributed by atoms with van der Waals surface area (Å²) in [5, 5.41) is 3.06. The number of amides is 2. The van der Waals surface area contributed by atoms with Crippen LogP contribution in [0.25, 0.3) is 0 Å². The van der Waals surface area contributed by atoms with Crippen molar-refractivity contribution in [2.24, 2.45) is 5.92 Å². The maximum absolute atomic E-state index is 12.0. The highest BCUT2D eigenvalue weighted by Crippen LogP contribution is 2.17. The normalized spacial score (nSPS) is 17.8. The Morgan fingerprint density at radius 2 is 1.85 bits per heavy atom. The fourth-order valence-electron chi connectivity index (χ4n) is 2.27. The van der Waals surface area contributed by atoms with Gasteiger partial charge in [0.25, 0.3) is 0 Å². The lowest BCUT2D eigenvalue weighted by molar-refractivity contribution is -0.145. The number of rotatable bonds is 7. The Kier molecular flexibility index (Phi) is 7.59. The molecule has 2 N–H and O–H groups in total. The Labute approximate surface area is 121 Å². The maximum Gasteiger partial charge on any atom is 0.246 e. The number of carbonyl (C=O) groups excluding carboxylic acids is 2. The van der Waals surface area contributed by atoms with Crippen molar-refractivity contribution >= 4 is 11.8 Å². The van der Waals surface area contributed by atoms with Gasteiger partial charge in [-0.2, -0.15) is 0 Å². The molecule has 1 aliphatic carbocycles. The average molecular weight is 284 g/mol. The largest absolute Gasteiger partial charge is 0.353 e. The highest BCUT2D eigenvalue weighted by atomic mass is 16.7. The van der Waals surface area contributed by atoms with E-state index < -0.39 is 0 Å². The van der Waals surface area contributed by atoms with E-state index in [0.717, 1.165) is 12.8 Å². The molecule has 1 aliphatic rings. The summed E-state index contributed by atoms with van der Waals surface area (Å²) < 4.78 is 0. The summed E-state index contributed by atoms with van der Waals surface area (Å²) in [6.45, 7) is 5.55. The van der Waals surface area contributed by atoms with Gasteiger partial charge in [0.1, 0.15) is 0 Å². The van der Waals surface area contributed by atoms with Crippen LogP contribution in [0.1, 0.15) is 65.7 Å². The van der Waals surface area contributed by atoms with Crippen LogP contribution in [0.15, 0.2) is 0 Å². The van der Waals surface area contributed by atoms with E-state index in [0.29, 0.717) is 18.9 Å². The predicted molar refractivity (Wildman–Crippen MR) is 77.8 cm³/mol. The fourth-order valence-corrected chi connectivity index (χ4v) is 2.27. The molecule has 0 heterocycles. The van der Waals surface area contributed by atoms with Crippen molar-refractivity contribution in [1.29, 1.82) is 0 Å². The summed E-state index contributed by atoms with van der Waals surface area (Å²) in [6.07, 6.45) is 6.55. The number of carbonyl (C=O) groups is 2. The van der Waals surface area contributed by atoms with Crippen molar-refractivity contribution in [2.75, 3.05) is 0 Å². The lowest BCUT2D eigenvalue weighted by Crippen LogP contribution is -2.39. The first-order valence-corrected chi connectivity index (χ1v) is 7.77. The first-order chi connectivity index (χ1) is 9.52. The van der Waals surface area contributed by atoms with Crippen LogP contribution < -0.4 is 10.8 Å². The average Bonchev–Trinajstić information content (AvgIpc) is 2.43. The highest BCUT2D eigenvalue weighted by molar-refractivity contribution is 5.77. The van der Waals surface area contributed by atoms with Crippen LogP contribution >= 0.6 is 0 Å². The SMILES string of the molecule is CC[C@H](CC(=O)NC1CCCCC1)ONC(=O)C(C)C. The van der Waals surface area contributed by atoms with Gasteiger partial charge >= 0.3 is 0 Å². The van der Waals surface area contributed by atoms with Crippen LogP contribution in [0.3, 0.4) is 0 Å². The van der Waals surface area contributed by atoms with Gasteiger partial charge in [-0.05, 0) is 19.3 Å². The number of hydrogen-bond acceptors (Lipinski definition) is 3. The van der Waals surface area contributed by atoms with Crippen LogP contribution in [-0.2, 0) is 14.4 Å². The zero-order chi connectivity index (χ0) is 15.0. The second-order valence-corrected chi connectivity index (χ2v) is 5.88. The Hall–Kier alpha value is -1.10. The molecule has 0 saturated heterocycles. The van der Waals surface area contributed by atoms with Crippen LogP contribution in [0.5, 0.6) is 0 Å². The lowest BCUT2D eigenvalue weighted by Gasteiger charge is -2.24. The molecule has 0 spiro atoms. The van der Waals surface area contributed by atoms with Crippen molar-refractivity contribution in [3.05, 3.63) is 0 Å². The third-order valence-electron chi connectivity index (χ3n) is 3.69. The van der Waals surface area contributed by atoms with Crippen molar-refractivity contribution in [3.63, 3.8) is 0 Å². The third-order valence-corrected chi connectivity index (χ3v) is 3.69. The van der Waals surface area contributed by atoms with Gasteiger partial charge in [-0.3, -0.25) is 14.4 Å². The first-order valence-electron chi connectivity index (χ1n) is 7.77. The van der Waals surface area contributed by atoms with Gasteiger partial charge in [0, 0.05) is 12.0 Å². The van der Waals surface area contributed by atoms with E-state index in [1.54, 1.807) is 13.8 Å². The molecule has 5 heteroatoms. The minimum atomic E-state index is -0.263. The maximum atomic E-state index is 12.0. The van der Waals surface area contributed by atoms with Gasteiger partial charge in [-0.1, -0.05) is 40.0 Å². The summed E-state index contributed by atoms with van der Waals surface area (Å²) in [4.78, 5) is 28.7. The van der Waals surface area contributed by atoms with Gasteiger partial charge in [0.15, 0.2) is 0 Å². The molecule has 20 heavy (non-hydrogen) atoms. The number of hydroxylamine groups is 1. The molecule has 1 fully saturated rings. The monoisotopic (exact) mass is 284 g/mol. The molecule has 5 nitrogen and oxygen atoms in total. The summed E-state index contributed by atoms with van der Waals surface area (Å²) in [6, 6.07) is 0.319. The third kappa shape index (κ3) is 6.37. The standard InChI is InChI=1S/C15H28N2O3/c1-4-13(20-17-15(19)11(2)3)10-14(18)16-12-8-6-5-7-9-12/h11-13H,4-10H2,1-3H3,(H,16,18)(H,17,19)/t13-/m1/s1. The van der Waals surface area contributed by atoms with Crippen molar-refractivity contribution < 1.29 is 14.4 Å². The Morgan fingerprint density at radius 3 is 2.40 bits per heavy atom. The van der Waals surface area contributed by atoms with E-state index in [2.05, 4.69) is 10.8 Å². The zero-order valence-electron chi connectivity index (χ0n) is 12.9. The van der Waals surface area contributed by atoms with E-state index in [1.165, 1.54) is 19.3 Å². The molecule has 1 saturated carbocycles. The minimum absolute atomic E-state index is 0.0162. The molecular formula is C15H28N2O3. The van der Waals surface area contributed by atoms with E-state index in [9.17, 15) is 9.59 Å². The van der Waals surface area contributed by atoms with Crippen LogP contribution in [-0.4, -0.2) is 24.0 Å². The molecule has 1 atom stereocenters. The number of nitrogens with one attached hydrogen (secondary N) is 2. The Balaban J connectivity index is 2.27. The quantitative estimate of drug-likeness (QED) is 0.705. The molecule has 2 amide bonds. The summed E-state index contributed by atoms with van der Waals surface area (Å²) in [7, 11) is 0. The first kappa shape index (κ1) is 17.0. The van der Waals surface area contributed by atoms with Crippen molar-refractivity contribution in [1.82, 2.24) is 10.8 Å². The fraction of sp³-hybridized carbons (Fsp3) is 0.867. The van der Waals surface area contributed by atoms with Gasteiger partial charge in [0.05, 0.1) is 12.5 Å². The molecule has 0 bridgehead atoms. The van der Waals surface area contributed by atoms with E-state index >= 15 is 0 Å². The van der Waals surface area contributed by atoms with E-state index in [-0.39, 0.29) is 23.8 Å². The van der Waals surface area contributed by atoms with E-state index in [1.807, 2.05) is 6.92 Å². The molecule has 0 aromatic heterocycles. The molecule has 0 unspecified atom stereocenters. The lowest BCUT2D eigenvalue weighted by atomic mass is 9.95. The van der Waals surface area contributed by atoms with Crippen LogP contribution in [0.2, 0.25) is 0 Å².